The van der Waals surface area contributed by atoms with Crippen LogP contribution in [0.25, 0.3) is 0 Å². The lowest BCUT2D eigenvalue weighted by molar-refractivity contribution is -0.150. The third-order valence-corrected chi connectivity index (χ3v) is 4.46. The number of rotatable bonds is 5. The van der Waals surface area contributed by atoms with E-state index in [2.05, 4.69) is 12.2 Å². The molecule has 0 aliphatic heterocycles. The Balaban J connectivity index is 2.74. The van der Waals surface area contributed by atoms with Gasteiger partial charge in [-0.2, -0.15) is 0 Å². The maximum atomic E-state index is 12.1. The van der Waals surface area contributed by atoms with Crippen molar-refractivity contribution >= 4 is 11.9 Å². The third kappa shape index (κ3) is 3.69. The van der Waals surface area contributed by atoms with Gasteiger partial charge in [-0.15, -0.1) is 0 Å². The molecule has 1 aliphatic carbocycles. The zero-order valence-electron chi connectivity index (χ0n) is 12.1. The molecule has 2 atom stereocenters. The van der Waals surface area contributed by atoms with Crippen LogP contribution in [0.1, 0.15) is 52.9 Å². The summed E-state index contributed by atoms with van der Waals surface area (Å²) in [5, 5.41) is 12.1. The van der Waals surface area contributed by atoms with Gasteiger partial charge in [-0.3, -0.25) is 4.79 Å². The summed E-state index contributed by atoms with van der Waals surface area (Å²) in [6.07, 6.45) is 3.42. The number of nitrogens with one attached hydrogen (secondary N) is 1. The molecule has 1 saturated carbocycles. The Morgan fingerprint density at radius 3 is 2.37 bits per heavy atom. The summed E-state index contributed by atoms with van der Waals surface area (Å²) in [6.45, 7) is 5.98. The van der Waals surface area contributed by atoms with Crippen molar-refractivity contribution in [3.05, 3.63) is 0 Å². The highest BCUT2D eigenvalue weighted by Crippen LogP contribution is 2.32. The Kier molecular flexibility index (Phi) is 5.35. The lowest BCUT2D eigenvalue weighted by atomic mass is 9.77. The molecule has 1 unspecified atom stereocenters. The van der Waals surface area contributed by atoms with E-state index in [1.54, 1.807) is 0 Å². The molecule has 19 heavy (non-hydrogen) atoms. The van der Waals surface area contributed by atoms with Crippen molar-refractivity contribution in [2.24, 2.45) is 17.6 Å². The molecule has 0 saturated heterocycles. The van der Waals surface area contributed by atoms with Gasteiger partial charge in [0.25, 0.3) is 0 Å². The van der Waals surface area contributed by atoms with Crippen LogP contribution in [0, 0.1) is 11.8 Å². The Labute approximate surface area is 114 Å². The van der Waals surface area contributed by atoms with Gasteiger partial charge in [0.15, 0.2) is 0 Å². The van der Waals surface area contributed by atoms with Crippen molar-refractivity contribution in [3.8, 4) is 0 Å². The average Bonchev–Trinajstić information content (AvgIpc) is 2.39. The number of carboxylic acids is 1. The first-order valence-corrected chi connectivity index (χ1v) is 7.13. The van der Waals surface area contributed by atoms with E-state index in [-0.39, 0.29) is 11.8 Å². The fourth-order valence-corrected chi connectivity index (χ4v) is 2.48. The van der Waals surface area contributed by atoms with Crippen LogP contribution in [0.5, 0.6) is 0 Å². The average molecular weight is 270 g/mol. The highest BCUT2D eigenvalue weighted by molar-refractivity contribution is 5.89. The van der Waals surface area contributed by atoms with Gasteiger partial charge in [0.1, 0.15) is 5.54 Å². The molecule has 0 aromatic carbocycles. The Morgan fingerprint density at radius 2 is 1.95 bits per heavy atom. The number of hydrogen-bond donors (Lipinski definition) is 3. The smallest absolute Gasteiger partial charge is 0.329 e. The molecule has 110 valence electrons. The summed E-state index contributed by atoms with van der Waals surface area (Å²) >= 11 is 0. The minimum atomic E-state index is -1.12. The van der Waals surface area contributed by atoms with E-state index in [9.17, 15) is 14.7 Å². The maximum Gasteiger partial charge on any atom is 0.329 e. The summed E-state index contributed by atoms with van der Waals surface area (Å²) in [4.78, 5) is 23.6. The lowest BCUT2D eigenvalue weighted by Crippen LogP contribution is -2.60. The SMILES string of the molecule is CCC(C)[C@H](N)C(=O)NC1(C(=O)O)CCC(C)CC1. The first-order valence-electron chi connectivity index (χ1n) is 7.13. The standard InChI is InChI=1S/C14H26N2O3/c1-4-10(3)11(15)12(17)16-14(13(18)19)7-5-9(2)6-8-14/h9-11H,4-8,15H2,1-3H3,(H,16,17)(H,18,19)/t9?,10?,11-,14?/m0/s1. The monoisotopic (exact) mass is 270 g/mol. The van der Waals surface area contributed by atoms with Crippen LogP contribution < -0.4 is 11.1 Å². The molecule has 5 nitrogen and oxygen atoms in total. The van der Waals surface area contributed by atoms with Crippen LogP contribution in [-0.4, -0.2) is 28.6 Å². The number of hydrogen-bond acceptors (Lipinski definition) is 3. The summed E-state index contributed by atoms with van der Waals surface area (Å²) in [5.41, 5.74) is 4.75. The second kappa shape index (κ2) is 6.37. The Morgan fingerprint density at radius 1 is 1.42 bits per heavy atom. The number of carbonyl (C=O) groups excluding carboxylic acids is 1. The van der Waals surface area contributed by atoms with E-state index in [1.165, 1.54) is 0 Å². The van der Waals surface area contributed by atoms with Crippen LogP contribution in [0.4, 0.5) is 0 Å². The fourth-order valence-electron chi connectivity index (χ4n) is 2.48. The van der Waals surface area contributed by atoms with Gasteiger partial charge >= 0.3 is 5.97 Å². The number of carbonyl (C=O) groups is 2. The quantitative estimate of drug-likeness (QED) is 0.706. The van der Waals surface area contributed by atoms with Gasteiger partial charge in [-0.25, -0.2) is 4.79 Å². The largest absolute Gasteiger partial charge is 0.480 e. The van der Waals surface area contributed by atoms with Crippen LogP contribution >= 0.6 is 0 Å². The van der Waals surface area contributed by atoms with Crippen LogP contribution in [0.3, 0.4) is 0 Å². The number of nitrogens with two attached hydrogens (primary N) is 1. The molecule has 0 aromatic rings. The molecule has 0 spiro atoms. The molecule has 0 heterocycles. The molecule has 0 bridgehead atoms. The van der Waals surface area contributed by atoms with Crippen molar-refractivity contribution in [2.45, 2.75) is 64.5 Å². The molecular weight excluding hydrogens is 244 g/mol. The Hall–Kier alpha value is -1.10. The topological polar surface area (TPSA) is 92.4 Å². The first kappa shape index (κ1) is 16.0. The van der Waals surface area contributed by atoms with Gasteiger partial charge in [-0.1, -0.05) is 27.2 Å². The van der Waals surface area contributed by atoms with E-state index < -0.39 is 17.6 Å². The highest BCUT2D eigenvalue weighted by atomic mass is 16.4. The molecule has 5 heteroatoms. The van der Waals surface area contributed by atoms with Crippen molar-refractivity contribution in [2.75, 3.05) is 0 Å². The predicted octanol–water partition coefficient (Wildman–Crippen LogP) is 1.51. The van der Waals surface area contributed by atoms with Gasteiger partial charge in [0.05, 0.1) is 6.04 Å². The highest BCUT2D eigenvalue weighted by Gasteiger charge is 2.43. The molecule has 1 fully saturated rings. The number of amides is 1. The van der Waals surface area contributed by atoms with E-state index >= 15 is 0 Å². The van der Waals surface area contributed by atoms with Crippen molar-refractivity contribution in [1.29, 1.82) is 0 Å². The molecule has 1 amide bonds. The van der Waals surface area contributed by atoms with Gasteiger partial charge < -0.3 is 16.2 Å². The molecule has 1 rings (SSSR count). The van der Waals surface area contributed by atoms with Gasteiger partial charge in [-0.05, 0) is 37.5 Å². The summed E-state index contributed by atoms with van der Waals surface area (Å²) in [5.74, 6) is -0.712. The van der Waals surface area contributed by atoms with Crippen molar-refractivity contribution < 1.29 is 14.7 Å². The molecular formula is C14H26N2O3. The van der Waals surface area contributed by atoms with E-state index in [0.717, 1.165) is 19.3 Å². The summed E-state index contributed by atoms with van der Waals surface area (Å²) in [6, 6.07) is -0.638. The zero-order valence-corrected chi connectivity index (χ0v) is 12.1. The molecule has 0 radical (unpaired) electrons. The van der Waals surface area contributed by atoms with Crippen molar-refractivity contribution in [1.82, 2.24) is 5.32 Å². The van der Waals surface area contributed by atoms with Crippen LogP contribution in [-0.2, 0) is 9.59 Å². The van der Waals surface area contributed by atoms with E-state index in [0.29, 0.717) is 18.8 Å². The van der Waals surface area contributed by atoms with Crippen LogP contribution in [0.2, 0.25) is 0 Å². The van der Waals surface area contributed by atoms with Crippen LogP contribution in [0.15, 0.2) is 0 Å². The maximum absolute atomic E-state index is 12.1. The number of carboxylic acid groups (broad SMARTS) is 1. The summed E-state index contributed by atoms with van der Waals surface area (Å²) < 4.78 is 0. The minimum Gasteiger partial charge on any atom is -0.480 e. The van der Waals surface area contributed by atoms with E-state index in [1.807, 2.05) is 13.8 Å². The number of aliphatic carboxylic acids is 1. The molecule has 0 aromatic heterocycles. The third-order valence-electron chi connectivity index (χ3n) is 4.46. The molecule has 1 aliphatic rings. The second-order valence-corrected chi connectivity index (χ2v) is 5.97. The first-order chi connectivity index (χ1) is 8.82. The lowest BCUT2D eigenvalue weighted by Gasteiger charge is -2.37. The van der Waals surface area contributed by atoms with Gasteiger partial charge in [0.2, 0.25) is 5.91 Å². The summed E-state index contributed by atoms with van der Waals surface area (Å²) in [7, 11) is 0. The van der Waals surface area contributed by atoms with Gasteiger partial charge in [0, 0.05) is 0 Å². The van der Waals surface area contributed by atoms with Crippen molar-refractivity contribution in [3.63, 3.8) is 0 Å². The minimum absolute atomic E-state index is 0.0494. The normalized spacial score (nSPS) is 30.4. The second-order valence-electron chi connectivity index (χ2n) is 5.97. The fraction of sp³-hybridized carbons (Fsp3) is 0.857. The molecule has 4 N–H and O–H groups in total. The van der Waals surface area contributed by atoms with E-state index in [4.69, 9.17) is 5.73 Å². The Bertz CT molecular complexity index is 336. The predicted molar refractivity (Wildman–Crippen MR) is 73.6 cm³/mol. The zero-order chi connectivity index (χ0) is 14.6.